The molecule has 1 aliphatic heterocycles. The Morgan fingerprint density at radius 3 is 2.71 bits per heavy atom. The summed E-state index contributed by atoms with van der Waals surface area (Å²) in [6.45, 7) is 0. The predicted octanol–water partition coefficient (Wildman–Crippen LogP) is 4.04. The number of hydrogen-bond donors (Lipinski definition) is 1. The molecule has 0 spiro atoms. The minimum absolute atomic E-state index is 0.135. The van der Waals surface area contributed by atoms with Gasteiger partial charge in [0.05, 0.1) is 17.2 Å². The summed E-state index contributed by atoms with van der Waals surface area (Å²) in [5.74, 6) is 0.727. The summed E-state index contributed by atoms with van der Waals surface area (Å²) in [6.07, 6.45) is 2.16. The van der Waals surface area contributed by atoms with Crippen LogP contribution in [-0.4, -0.2) is 21.7 Å². The zero-order chi connectivity index (χ0) is 16.5. The van der Waals surface area contributed by atoms with E-state index in [4.69, 9.17) is 4.42 Å². The standard InChI is InChI=1S/C18H14N2O3S/c21-13-7-5-12(6-8-13)15-11-14(16-3-1-9-23-16)19-20(15)18(22)17-4-2-10-24-17/h1-10,15,21H,11H2. The molecule has 0 aliphatic carbocycles. The second-order valence-electron chi connectivity index (χ2n) is 5.46. The number of phenolic OH excluding ortho intramolecular Hbond substituents is 1. The Morgan fingerprint density at radius 1 is 1.21 bits per heavy atom. The lowest BCUT2D eigenvalue weighted by atomic mass is 10.0. The Morgan fingerprint density at radius 2 is 2.04 bits per heavy atom. The molecule has 24 heavy (non-hydrogen) atoms. The number of phenols is 1. The van der Waals surface area contributed by atoms with E-state index in [0.29, 0.717) is 17.1 Å². The molecule has 0 radical (unpaired) electrons. The first-order chi connectivity index (χ1) is 11.7. The van der Waals surface area contributed by atoms with E-state index in [9.17, 15) is 9.90 Å². The molecule has 0 fully saturated rings. The maximum absolute atomic E-state index is 12.8. The van der Waals surface area contributed by atoms with Crippen LogP contribution in [0.4, 0.5) is 0 Å². The van der Waals surface area contributed by atoms with Crippen LogP contribution in [0.1, 0.15) is 33.5 Å². The third-order valence-corrected chi connectivity index (χ3v) is 4.79. The van der Waals surface area contributed by atoms with Crippen molar-refractivity contribution in [1.29, 1.82) is 0 Å². The quantitative estimate of drug-likeness (QED) is 0.784. The highest BCUT2D eigenvalue weighted by Gasteiger charge is 2.34. The van der Waals surface area contributed by atoms with Crippen LogP contribution < -0.4 is 0 Å². The third kappa shape index (κ3) is 2.61. The number of hydrogen-bond acceptors (Lipinski definition) is 5. The second-order valence-corrected chi connectivity index (χ2v) is 6.41. The SMILES string of the molecule is O=C(c1cccs1)N1N=C(c2ccco2)CC1c1ccc(O)cc1. The van der Waals surface area contributed by atoms with Crippen LogP contribution in [0.2, 0.25) is 0 Å². The summed E-state index contributed by atoms with van der Waals surface area (Å²) in [4.78, 5) is 13.5. The molecule has 2 aromatic heterocycles. The summed E-state index contributed by atoms with van der Waals surface area (Å²) in [6, 6.07) is 13.9. The number of amides is 1. The summed E-state index contributed by atoms with van der Waals surface area (Å²) in [5.41, 5.74) is 1.66. The van der Waals surface area contributed by atoms with Gasteiger partial charge in [-0.25, -0.2) is 5.01 Å². The van der Waals surface area contributed by atoms with Gasteiger partial charge < -0.3 is 9.52 Å². The van der Waals surface area contributed by atoms with Crippen LogP contribution in [0.3, 0.4) is 0 Å². The van der Waals surface area contributed by atoms with Crippen molar-refractivity contribution in [3.8, 4) is 5.75 Å². The van der Waals surface area contributed by atoms with E-state index >= 15 is 0 Å². The number of hydrazone groups is 1. The van der Waals surface area contributed by atoms with Gasteiger partial charge >= 0.3 is 0 Å². The zero-order valence-electron chi connectivity index (χ0n) is 12.6. The minimum atomic E-state index is -0.222. The van der Waals surface area contributed by atoms with Gasteiger partial charge in [-0.15, -0.1) is 11.3 Å². The van der Waals surface area contributed by atoms with Crippen LogP contribution in [0, 0.1) is 0 Å². The molecule has 0 saturated carbocycles. The van der Waals surface area contributed by atoms with Crippen molar-refractivity contribution >= 4 is 23.0 Å². The average molecular weight is 338 g/mol. The smallest absolute Gasteiger partial charge is 0.284 e. The lowest BCUT2D eigenvalue weighted by Gasteiger charge is -2.21. The number of carbonyl (C=O) groups excluding carboxylic acids is 1. The number of benzene rings is 1. The number of carbonyl (C=O) groups is 1. The number of furan rings is 1. The first-order valence-corrected chi connectivity index (χ1v) is 8.37. The van der Waals surface area contributed by atoms with E-state index in [1.54, 1.807) is 30.5 Å². The Labute approximate surface area is 142 Å². The molecular weight excluding hydrogens is 324 g/mol. The first kappa shape index (κ1) is 14.7. The highest BCUT2D eigenvalue weighted by molar-refractivity contribution is 7.12. The molecule has 5 nitrogen and oxygen atoms in total. The van der Waals surface area contributed by atoms with E-state index in [0.717, 1.165) is 11.3 Å². The number of nitrogens with zero attached hydrogens (tertiary/aromatic N) is 2. The average Bonchev–Trinajstić information content (AvgIpc) is 3.34. The summed E-state index contributed by atoms with van der Waals surface area (Å²) in [7, 11) is 0. The van der Waals surface area contributed by atoms with Gasteiger partial charge in [-0.1, -0.05) is 18.2 Å². The lowest BCUT2D eigenvalue weighted by Crippen LogP contribution is -2.26. The molecule has 120 valence electrons. The van der Waals surface area contributed by atoms with Crippen molar-refractivity contribution in [3.63, 3.8) is 0 Å². The molecule has 0 saturated heterocycles. The van der Waals surface area contributed by atoms with E-state index in [2.05, 4.69) is 5.10 Å². The van der Waals surface area contributed by atoms with Gasteiger partial charge in [-0.05, 0) is 41.3 Å². The number of rotatable bonds is 3. The van der Waals surface area contributed by atoms with Crippen LogP contribution in [-0.2, 0) is 0 Å². The maximum Gasteiger partial charge on any atom is 0.284 e. The molecule has 4 rings (SSSR count). The van der Waals surface area contributed by atoms with Crippen molar-refractivity contribution in [2.75, 3.05) is 0 Å². The maximum atomic E-state index is 12.8. The summed E-state index contributed by atoms with van der Waals surface area (Å²) < 4.78 is 5.43. The normalized spacial score (nSPS) is 17.1. The van der Waals surface area contributed by atoms with Gasteiger partial charge in [0.2, 0.25) is 0 Å². The van der Waals surface area contributed by atoms with E-state index in [1.807, 2.05) is 29.6 Å². The Hall–Kier alpha value is -2.86. The lowest BCUT2D eigenvalue weighted by molar-refractivity contribution is 0.0716. The molecule has 1 aromatic carbocycles. The van der Waals surface area contributed by atoms with E-state index in [-0.39, 0.29) is 17.7 Å². The van der Waals surface area contributed by atoms with Crippen molar-refractivity contribution in [1.82, 2.24) is 5.01 Å². The van der Waals surface area contributed by atoms with Gasteiger partial charge in [0.1, 0.15) is 17.2 Å². The monoisotopic (exact) mass is 338 g/mol. The fourth-order valence-electron chi connectivity index (χ4n) is 2.76. The van der Waals surface area contributed by atoms with Crippen LogP contribution in [0.5, 0.6) is 5.75 Å². The molecule has 3 heterocycles. The van der Waals surface area contributed by atoms with Crippen molar-refractivity contribution in [3.05, 3.63) is 76.4 Å². The highest BCUT2D eigenvalue weighted by Crippen LogP contribution is 2.35. The molecule has 1 aliphatic rings. The Bertz CT molecular complexity index is 868. The van der Waals surface area contributed by atoms with Crippen molar-refractivity contribution in [2.24, 2.45) is 5.10 Å². The van der Waals surface area contributed by atoms with Crippen LogP contribution in [0.25, 0.3) is 0 Å². The van der Waals surface area contributed by atoms with Crippen LogP contribution in [0.15, 0.2) is 69.7 Å². The van der Waals surface area contributed by atoms with Gasteiger partial charge in [0.25, 0.3) is 5.91 Å². The third-order valence-electron chi connectivity index (χ3n) is 3.93. The topological polar surface area (TPSA) is 66.0 Å². The molecule has 3 aromatic rings. The summed E-state index contributed by atoms with van der Waals surface area (Å²) in [5, 5.41) is 17.4. The predicted molar refractivity (Wildman–Crippen MR) is 91.2 cm³/mol. The molecule has 0 bridgehead atoms. The molecule has 1 amide bonds. The van der Waals surface area contributed by atoms with Gasteiger partial charge in [-0.3, -0.25) is 4.79 Å². The fourth-order valence-corrected chi connectivity index (χ4v) is 3.41. The fraction of sp³-hybridized carbons (Fsp3) is 0.111. The highest BCUT2D eigenvalue weighted by atomic mass is 32.1. The first-order valence-electron chi connectivity index (χ1n) is 7.50. The second kappa shape index (κ2) is 5.98. The molecule has 1 N–H and O–H groups in total. The Kier molecular flexibility index (Phi) is 3.66. The molecule has 6 heteroatoms. The van der Waals surface area contributed by atoms with E-state index in [1.165, 1.54) is 16.3 Å². The van der Waals surface area contributed by atoms with Crippen LogP contribution >= 0.6 is 11.3 Å². The molecule has 1 unspecified atom stereocenters. The summed E-state index contributed by atoms with van der Waals surface area (Å²) >= 11 is 1.39. The van der Waals surface area contributed by atoms with Crippen molar-refractivity contribution < 1.29 is 14.3 Å². The minimum Gasteiger partial charge on any atom is -0.508 e. The van der Waals surface area contributed by atoms with Gasteiger partial charge in [0.15, 0.2) is 0 Å². The molecule has 1 atom stereocenters. The van der Waals surface area contributed by atoms with Gasteiger partial charge in [-0.2, -0.15) is 5.10 Å². The van der Waals surface area contributed by atoms with Gasteiger partial charge in [0, 0.05) is 6.42 Å². The number of aromatic hydroxyl groups is 1. The van der Waals surface area contributed by atoms with E-state index < -0.39 is 0 Å². The Balaban J connectivity index is 1.72. The molecular formula is C18H14N2O3S. The largest absolute Gasteiger partial charge is 0.508 e. The zero-order valence-corrected chi connectivity index (χ0v) is 13.4. The number of thiophene rings is 1. The van der Waals surface area contributed by atoms with Crippen molar-refractivity contribution in [2.45, 2.75) is 12.5 Å².